The largest absolute Gasteiger partial charge is 0.359 e. The second kappa shape index (κ2) is 9.16. The Morgan fingerprint density at radius 1 is 1.24 bits per heavy atom. The number of thiazole rings is 1. The molecule has 0 saturated carbocycles. The highest BCUT2D eigenvalue weighted by Gasteiger charge is 1.98. The highest BCUT2D eigenvalue weighted by molar-refractivity contribution is 7.07. The predicted molar refractivity (Wildman–Crippen MR) is 72.2 cm³/mol. The molecule has 4 heteroatoms. The lowest BCUT2D eigenvalue weighted by atomic mass is 10.1. The molecule has 0 aliphatic heterocycles. The van der Waals surface area contributed by atoms with Gasteiger partial charge in [0, 0.05) is 18.8 Å². The molecule has 0 unspecified atom stereocenters. The Bertz CT molecular complexity index is 298. The van der Waals surface area contributed by atoms with Gasteiger partial charge in [0.15, 0.2) is 0 Å². The van der Waals surface area contributed by atoms with Crippen LogP contribution in [0.2, 0.25) is 0 Å². The smallest absolute Gasteiger partial charge is 0.219 e. The number of carbonyl (C=O) groups is 1. The van der Waals surface area contributed by atoms with Crippen LogP contribution in [0.4, 0.5) is 0 Å². The maximum Gasteiger partial charge on any atom is 0.219 e. The number of nitrogens with zero attached hydrogens (tertiary/aromatic N) is 1. The molecule has 17 heavy (non-hydrogen) atoms. The molecule has 1 amide bonds. The number of hydrogen-bond acceptors (Lipinski definition) is 3. The van der Waals surface area contributed by atoms with Crippen LogP contribution in [0.25, 0.3) is 0 Å². The first-order chi connectivity index (χ1) is 8.33. The van der Waals surface area contributed by atoms with Crippen LogP contribution in [0.5, 0.6) is 0 Å². The molecule has 1 aromatic heterocycles. The van der Waals surface area contributed by atoms with Gasteiger partial charge in [0.25, 0.3) is 0 Å². The number of nitrogens with one attached hydrogen (secondary N) is 1. The van der Waals surface area contributed by atoms with Gasteiger partial charge in [-0.1, -0.05) is 25.7 Å². The molecule has 0 fully saturated rings. The molecule has 0 aliphatic carbocycles. The molecule has 1 aromatic rings. The van der Waals surface area contributed by atoms with Gasteiger partial charge >= 0.3 is 0 Å². The normalized spacial score (nSPS) is 10.4. The molecule has 1 heterocycles. The van der Waals surface area contributed by atoms with Gasteiger partial charge in [0.1, 0.15) is 0 Å². The maximum absolute atomic E-state index is 11.0. The zero-order chi connectivity index (χ0) is 12.3. The van der Waals surface area contributed by atoms with Crippen molar-refractivity contribution < 1.29 is 4.79 Å². The molecule has 0 atom stereocenters. The number of aromatic nitrogens is 1. The highest BCUT2D eigenvalue weighted by Crippen LogP contribution is 2.10. The van der Waals surface area contributed by atoms with E-state index in [1.165, 1.54) is 37.8 Å². The van der Waals surface area contributed by atoms with Gasteiger partial charge < -0.3 is 5.32 Å². The average molecular weight is 254 g/mol. The van der Waals surface area contributed by atoms with Gasteiger partial charge in [0.2, 0.25) is 5.91 Å². The molecule has 0 radical (unpaired) electrons. The van der Waals surface area contributed by atoms with Crippen LogP contribution in [0, 0.1) is 0 Å². The summed E-state index contributed by atoms with van der Waals surface area (Å²) in [5.41, 5.74) is 3.13. The molecular formula is C13H22N2OS. The molecule has 0 bridgehead atoms. The molecule has 0 aliphatic rings. The minimum Gasteiger partial charge on any atom is -0.359 e. The first-order valence-corrected chi connectivity index (χ1v) is 7.35. The topological polar surface area (TPSA) is 42.0 Å². The van der Waals surface area contributed by atoms with Crippen molar-refractivity contribution in [1.82, 2.24) is 10.3 Å². The molecular weight excluding hydrogens is 232 g/mol. The van der Waals surface area contributed by atoms with E-state index in [1.54, 1.807) is 18.4 Å². The third-order valence-corrected chi connectivity index (χ3v) is 3.48. The van der Waals surface area contributed by atoms with E-state index in [9.17, 15) is 4.79 Å². The predicted octanol–water partition coefficient (Wildman–Crippen LogP) is 3.16. The summed E-state index contributed by atoms with van der Waals surface area (Å²) < 4.78 is 0. The first kappa shape index (κ1) is 14.2. The Kier molecular flexibility index (Phi) is 7.63. The summed E-state index contributed by atoms with van der Waals surface area (Å²) in [5, 5.41) is 4.78. The Balaban J connectivity index is 1.83. The summed E-state index contributed by atoms with van der Waals surface area (Å²) in [5.74, 6) is 0.161. The minimum atomic E-state index is 0.161. The number of hydrogen-bond donors (Lipinski definition) is 1. The summed E-state index contributed by atoms with van der Waals surface area (Å²) in [6, 6.07) is 0. The molecule has 1 rings (SSSR count). The third kappa shape index (κ3) is 7.10. The quantitative estimate of drug-likeness (QED) is 0.688. The fourth-order valence-corrected chi connectivity index (χ4v) is 2.38. The van der Waals surface area contributed by atoms with Crippen molar-refractivity contribution in [3.8, 4) is 0 Å². The molecule has 0 aromatic carbocycles. The molecule has 3 nitrogen and oxygen atoms in total. The zero-order valence-corrected chi connectivity index (χ0v) is 11.4. The highest BCUT2D eigenvalue weighted by atomic mass is 32.1. The standard InChI is InChI=1S/C13H22N2OS/c1-14-13(16)9-7-5-3-2-4-6-8-12-10-17-11-15-12/h10-11H,2-9H2,1H3,(H,14,16). The Hall–Kier alpha value is -0.900. The van der Waals surface area contributed by atoms with Gasteiger partial charge in [-0.05, 0) is 19.3 Å². The number of unbranched alkanes of at least 4 members (excludes halogenated alkanes) is 5. The van der Waals surface area contributed by atoms with Crippen LogP contribution in [0.3, 0.4) is 0 Å². The monoisotopic (exact) mass is 254 g/mol. The first-order valence-electron chi connectivity index (χ1n) is 6.40. The Labute approximate surface area is 108 Å². The van der Waals surface area contributed by atoms with E-state index < -0.39 is 0 Å². The fourth-order valence-electron chi connectivity index (χ4n) is 1.78. The van der Waals surface area contributed by atoms with Crippen LogP contribution in [-0.2, 0) is 11.2 Å². The van der Waals surface area contributed by atoms with Crippen LogP contribution < -0.4 is 5.32 Å². The number of rotatable bonds is 9. The van der Waals surface area contributed by atoms with Crippen molar-refractivity contribution in [1.29, 1.82) is 0 Å². The second-order valence-corrected chi connectivity index (χ2v) is 4.99. The van der Waals surface area contributed by atoms with Crippen molar-refractivity contribution in [2.75, 3.05) is 7.05 Å². The van der Waals surface area contributed by atoms with Crippen molar-refractivity contribution in [3.05, 3.63) is 16.6 Å². The van der Waals surface area contributed by atoms with E-state index in [0.29, 0.717) is 6.42 Å². The summed E-state index contributed by atoms with van der Waals surface area (Å²) in [7, 11) is 1.70. The summed E-state index contributed by atoms with van der Waals surface area (Å²) in [6.45, 7) is 0. The van der Waals surface area contributed by atoms with Crippen LogP contribution in [0.1, 0.15) is 50.6 Å². The number of carbonyl (C=O) groups excluding carboxylic acids is 1. The van der Waals surface area contributed by atoms with E-state index in [-0.39, 0.29) is 5.91 Å². The van der Waals surface area contributed by atoms with Crippen molar-refractivity contribution in [3.63, 3.8) is 0 Å². The van der Waals surface area contributed by atoms with Crippen molar-refractivity contribution in [2.24, 2.45) is 0 Å². The van der Waals surface area contributed by atoms with Crippen molar-refractivity contribution >= 4 is 17.2 Å². The zero-order valence-electron chi connectivity index (χ0n) is 10.6. The Morgan fingerprint density at radius 2 is 1.94 bits per heavy atom. The Morgan fingerprint density at radius 3 is 2.59 bits per heavy atom. The van der Waals surface area contributed by atoms with Gasteiger partial charge in [-0.2, -0.15) is 0 Å². The van der Waals surface area contributed by atoms with Crippen molar-refractivity contribution in [2.45, 2.75) is 51.4 Å². The number of aryl methyl sites for hydroxylation is 1. The van der Waals surface area contributed by atoms with Crippen LogP contribution in [-0.4, -0.2) is 17.9 Å². The number of amides is 1. The van der Waals surface area contributed by atoms with E-state index in [4.69, 9.17) is 0 Å². The fraction of sp³-hybridized carbons (Fsp3) is 0.692. The average Bonchev–Trinajstić information content (AvgIpc) is 2.85. The molecule has 1 N–H and O–H groups in total. The summed E-state index contributed by atoms with van der Waals surface area (Å²) in [6.07, 6.45) is 9.01. The van der Waals surface area contributed by atoms with E-state index in [0.717, 1.165) is 12.8 Å². The van der Waals surface area contributed by atoms with Gasteiger partial charge in [-0.3, -0.25) is 4.79 Å². The second-order valence-electron chi connectivity index (χ2n) is 4.27. The molecule has 0 spiro atoms. The minimum absolute atomic E-state index is 0.161. The van der Waals surface area contributed by atoms with Gasteiger partial charge in [0.05, 0.1) is 11.2 Å². The van der Waals surface area contributed by atoms with Crippen LogP contribution in [0.15, 0.2) is 10.9 Å². The summed E-state index contributed by atoms with van der Waals surface area (Å²) >= 11 is 1.67. The SMILES string of the molecule is CNC(=O)CCCCCCCCc1cscn1. The molecule has 0 saturated heterocycles. The lowest BCUT2D eigenvalue weighted by Gasteiger charge is -2.01. The lowest BCUT2D eigenvalue weighted by molar-refractivity contribution is -0.120. The third-order valence-electron chi connectivity index (χ3n) is 2.85. The summed E-state index contributed by atoms with van der Waals surface area (Å²) in [4.78, 5) is 15.2. The maximum atomic E-state index is 11.0. The van der Waals surface area contributed by atoms with Crippen LogP contribution >= 0.6 is 11.3 Å². The van der Waals surface area contributed by atoms with Gasteiger partial charge in [-0.15, -0.1) is 11.3 Å². The van der Waals surface area contributed by atoms with E-state index >= 15 is 0 Å². The molecule has 96 valence electrons. The van der Waals surface area contributed by atoms with Gasteiger partial charge in [-0.25, -0.2) is 4.98 Å². The lowest BCUT2D eigenvalue weighted by Crippen LogP contribution is -2.16. The van der Waals surface area contributed by atoms with E-state index in [1.807, 2.05) is 5.51 Å². The van der Waals surface area contributed by atoms with E-state index in [2.05, 4.69) is 15.7 Å².